The number of carboxylic acids is 1. The van der Waals surface area contributed by atoms with E-state index in [0.29, 0.717) is 6.42 Å². The van der Waals surface area contributed by atoms with E-state index in [1.54, 1.807) is 6.92 Å². The van der Waals surface area contributed by atoms with Gasteiger partial charge < -0.3 is 14.6 Å². The Hall–Kier alpha value is -1.05. The molecule has 2 atom stereocenters. The SMILES string of the molecule is CCCOC1=C2OC(C(F)(F)F)C(C(=O)O)C=C2C=C(Cl)C1(Cl)Cl. The predicted molar refractivity (Wildman–Crippen MR) is 81.8 cm³/mol. The molecular formula is C14H12Cl3F3O4. The Morgan fingerprint density at radius 1 is 1.46 bits per heavy atom. The number of alkyl halides is 5. The molecule has 0 radical (unpaired) electrons. The van der Waals surface area contributed by atoms with Gasteiger partial charge in [-0.25, -0.2) is 0 Å². The van der Waals surface area contributed by atoms with Gasteiger partial charge in [0.2, 0.25) is 10.4 Å². The Morgan fingerprint density at radius 2 is 2.08 bits per heavy atom. The second kappa shape index (κ2) is 6.69. The summed E-state index contributed by atoms with van der Waals surface area (Å²) in [7, 11) is 0. The van der Waals surface area contributed by atoms with Crippen LogP contribution in [0.1, 0.15) is 13.3 Å². The molecule has 1 heterocycles. The van der Waals surface area contributed by atoms with Gasteiger partial charge in [-0.15, -0.1) is 0 Å². The Labute approximate surface area is 150 Å². The van der Waals surface area contributed by atoms with Crippen LogP contribution in [0.3, 0.4) is 0 Å². The van der Waals surface area contributed by atoms with Crippen LogP contribution in [0.15, 0.2) is 34.3 Å². The number of ether oxygens (including phenoxy) is 2. The fourth-order valence-electron chi connectivity index (χ4n) is 2.23. The van der Waals surface area contributed by atoms with E-state index in [9.17, 15) is 18.0 Å². The first-order chi connectivity index (χ1) is 11.0. The van der Waals surface area contributed by atoms with Crippen molar-refractivity contribution in [1.82, 2.24) is 0 Å². The fraction of sp³-hybridized carbons (Fsp3) is 0.500. The molecule has 24 heavy (non-hydrogen) atoms. The molecule has 134 valence electrons. The monoisotopic (exact) mass is 406 g/mol. The van der Waals surface area contributed by atoms with E-state index in [4.69, 9.17) is 49.4 Å². The van der Waals surface area contributed by atoms with Crippen molar-refractivity contribution >= 4 is 40.8 Å². The predicted octanol–water partition coefficient (Wildman–Crippen LogP) is 4.52. The summed E-state index contributed by atoms with van der Waals surface area (Å²) in [5.41, 5.74) is 0.0240. The van der Waals surface area contributed by atoms with Crippen LogP contribution in [0.2, 0.25) is 0 Å². The molecule has 2 unspecified atom stereocenters. The van der Waals surface area contributed by atoms with Crippen LogP contribution < -0.4 is 0 Å². The molecule has 0 fully saturated rings. The number of carboxylic acid groups (broad SMARTS) is 1. The molecule has 10 heteroatoms. The summed E-state index contributed by atoms with van der Waals surface area (Å²) < 4.78 is 47.9. The number of hydrogen-bond donors (Lipinski definition) is 1. The second-order valence-electron chi connectivity index (χ2n) is 5.14. The van der Waals surface area contributed by atoms with Crippen molar-refractivity contribution in [2.24, 2.45) is 5.92 Å². The first-order valence-electron chi connectivity index (χ1n) is 6.81. The zero-order chi connectivity index (χ0) is 18.3. The first kappa shape index (κ1) is 19.3. The van der Waals surface area contributed by atoms with E-state index in [-0.39, 0.29) is 28.7 Å². The lowest BCUT2D eigenvalue weighted by molar-refractivity contribution is -0.225. The first-order valence-corrected chi connectivity index (χ1v) is 7.95. The average Bonchev–Trinajstić information content (AvgIpc) is 2.45. The standard InChI is InChI=1S/C14H12Cl3F3O4/c1-2-3-23-11-9-6(5-8(15)13(11,16)17)4-7(12(21)22)10(24-9)14(18,19)20/h4-5,7,10H,2-3H2,1H3,(H,21,22). The van der Waals surface area contributed by atoms with Crippen molar-refractivity contribution in [1.29, 1.82) is 0 Å². The maximum atomic E-state index is 13.2. The highest BCUT2D eigenvalue weighted by atomic mass is 35.5. The van der Waals surface area contributed by atoms with Gasteiger partial charge in [0.25, 0.3) is 0 Å². The van der Waals surface area contributed by atoms with Gasteiger partial charge in [0, 0.05) is 5.57 Å². The quantitative estimate of drug-likeness (QED) is 0.696. The highest BCUT2D eigenvalue weighted by Crippen LogP contribution is 2.50. The van der Waals surface area contributed by atoms with Gasteiger partial charge in [0.1, 0.15) is 5.92 Å². The molecule has 0 aromatic rings. The summed E-state index contributed by atoms with van der Waals surface area (Å²) in [5, 5.41) is 8.93. The van der Waals surface area contributed by atoms with Gasteiger partial charge in [-0.05, 0) is 12.5 Å². The van der Waals surface area contributed by atoms with Gasteiger partial charge in [0.15, 0.2) is 11.5 Å². The van der Waals surface area contributed by atoms with Crippen LogP contribution in [-0.2, 0) is 14.3 Å². The lowest BCUT2D eigenvalue weighted by Gasteiger charge is -2.36. The Kier molecular flexibility index (Phi) is 5.37. The maximum Gasteiger partial charge on any atom is 0.426 e. The Morgan fingerprint density at radius 3 is 2.58 bits per heavy atom. The van der Waals surface area contributed by atoms with Crippen LogP contribution >= 0.6 is 34.8 Å². The minimum atomic E-state index is -4.92. The molecule has 0 saturated carbocycles. The lowest BCUT2D eigenvalue weighted by atomic mass is 9.91. The molecule has 0 bridgehead atoms. The topological polar surface area (TPSA) is 55.8 Å². The zero-order valence-electron chi connectivity index (χ0n) is 12.2. The van der Waals surface area contributed by atoms with E-state index >= 15 is 0 Å². The fourth-order valence-corrected chi connectivity index (χ4v) is 2.83. The summed E-state index contributed by atoms with van der Waals surface area (Å²) in [6, 6.07) is 0. The number of fused-ring (bicyclic) bond motifs is 1. The number of carbonyl (C=O) groups is 1. The minimum Gasteiger partial charge on any atom is -0.490 e. The summed E-state index contributed by atoms with van der Waals surface area (Å²) >= 11 is 18.1. The smallest absolute Gasteiger partial charge is 0.426 e. The van der Waals surface area contributed by atoms with E-state index in [2.05, 4.69) is 0 Å². The van der Waals surface area contributed by atoms with Crippen LogP contribution in [-0.4, -0.2) is 34.3 Å². The molecule has 0 aromatic heterocycles. The van der Waals surface area contributed by atoms with Crippen molar-refractivity contribution in [3.05, 3.63) is 34.3 Å². The third-order valence-corrected chi connectivity index (χ3v) is 4.66. The number of hydrogen-bond acceptors (Lipinski definition) is 3. The molecule has 0 amide bonds. The second-order valence-corrected chi connectivity index (χ2v) is 6.87. The van der Waals surface area contributed by atoms with Crippen LogP contribution in [0.25, 0.3) is 0 Å². The average molecular weight is 408 g/mol. The Balaban J connectivity index is 2.60. The number of rotatable bonds is 4. The lowest BCUT2D eigenvalue weighted by Crippen LogP contribution is -2.44. The maximum absolute atomic E-state index is 13.2. The highest BCUT2D eigenvalue weighted by molar-refractivity contribution is 6.58. The number of allylic oxidation sites excluding steroid dienone is 2. The van der Waals surface area contributed by atoms with Crippen LogP contribution in [0.5, 0.6) is 0 Å². The molecule has 0 saturated heterocycles. The molecule has 2 aliphatic rings. The van der Waals surface area contributed by atoms with Gasteiger partial charge in [-0.2, -0.15) is 13.2 Å². The molecule has 1 N–H and O–H groups in total. The molecule has 1 aliphatic heterocycles. The van der Waals surface area contributed by atoms with Crippen molar-refractivity contribution < 1.29 is 32.5 Å². The third kappa shape index (κ3) is 3.48. The summed E-state index contributed by atoms with van der Waals surface area (Å²) in [6.45, 7) is 1.88. The zero-order valence-corrected chi connectivity index (χ0v) is 14.4. The molecule has 0 aromatic carbocycles. The normalized spacial score (nSPS) is 26.1. The van der Waals surface area contributed by atoms with E-state index < -0.39 is 28.5 Å². The van der Waals surface area contributed by atoms with Crippen molar-refractivity contribution in [2.45, 2.75) is 30.0 Å². The van der Waals surface area contributed by atoms with Gasteiger partial charge in [-0.1, -0.05) is 47.8 Å². The van der Waals surface area contributed by atoms with E-state index in [1.165, 1.54) is 0 Å². The molecule has 1 aliphatic carbocycles. The van der Waals surface area contributed by atoms with Gasteiger partial charge >= 0.3 is 12.1 Å². The molecule has 2 rings (SSSR count). The summed E-state index contributed by atoms with van der Waals surface area (Å²) in [5.74, 6) is -4.27. The Bertz CT molecular complexity index is 638. The molecular weight excluding hydrogens is 396 g/mol. The van der Waals surface area contributed by atoms with Crippen molar-refractivity contribution in [2.75, 3.05) is 6.61 Å². The third-order valence-electron chi connectivity index (χ3n) is 3.32. The van der Waals surface area contributed by atoms with E-state index in [0.717, 1.165) is 12.2 Å². The number of aliphatic carboxylic acids is 1. The van der Waals surface area contributed by atoms with Gasteiger partial charge in [0.05, 0.1) is 11.6 Å². The largest absolute Gasteiger partial charge is 0.490 e. The van der Waals surface area contributed by atoms with Crippen LogP contribution in [0.4, 0.5) is 13.2 Å². The van der Waals surface area contributed by atoms with Crippen molar-refractivity contribution in [3.63, 3.8) is 0 Å². The van der Waals surface area contributed by atoms with E-state index in [1.807, 2.05) is 0 Å². The number of halogens is 6. The van der Waals surface area contributed by atoms with Crippen LogP contribution in [0, 0.1) is 5.92 Å². The molecule has 0 spiro atoms. The summed E-state index contributed by atoms with van der Waals surface area (Å²) in [4.78, 5) is 11.2. The molecule has 4 nitrogen and oxygen atoms in total. The highest BCUT2D eigenvalue weighted by Gasteiger charge is 2.54. The van der Waals surface area contributed by atoms with Gasteiger partial charge in [-0.3, -0.25) is 4.79 Å². The van der Waals surface area contributed by atoms with Crippen molar-refractivity contribution in [3.8, 4) is 0 Å². The summed E-state index contributed by atoms with van der Waals surface area (Å²) in [6.07, 6.45) is -4.91. The minimum absolute atomic E-state index is 0.0240.